The second kappa shape index (κ2) is 5.93. The van der Waals surface area contributed by atoms with E-state index in [9.17, 15) is 9.59 Å². The standard InChI is InChI=1S/C15H22N4O4/c1-15(2)22-8-10(23-15)6-4-5-7-19-9-16-12-11(19)13(20)17-14(21)18(12)3/h9-10H,4-8H2,1-3H3,(H,17,20,21). The molecule has 0 bridgehead atoms. The van der Waals surface area contributed by atoms with Crippen LogP contribution in [0.15, 0.2) is 15.9 Å². The van der Waals surface area contributed by atoms with Gasteiger partial charge in [-0.25, -0.2) is 9.78 Å². The number of H-pyrrole nitrogens is 1. The van der Waals surface area contributed by atoms with Crippen molar-refractivity contribution in [1.82, 2.24) is 19.1 Å². The number of nitrogens with zero attached hydrogens (tertiary/aromatic N) is 3. The second-order valence-electron chi connectivity index (χ2n) is 6.37. The zero-order valence-corrected chi connectivity index (χ0v) is 13.7. The van der Waals surface area contributed by atoms with Crippen LogP contribution in [0.3, 0.4) is 0 Å². The van der Waals surface area contributed by atoms with Crippen LogP contribution in [-0.2, 0) is 23.1 Å². The van der Waals surface area contributed by atoms with Crippen LogP contribution in [0.1, 0.15) is 33.1 Å². The first-order chi connectivity index (χ1) is 10.9. The lowest BCUT2D eigenvalue weighted by Crippen LogP contribution is -2.29. The van der Waals surface area contributed by atoms with E-state index in [2.05, 4.69) is 9.97 Å². The third kappa shape index (κ3) is 3.23. The number of hydrogen-bond donors (Lipinski definition) is 1. The number of nitrogens with one attached hydrogen (secondary N) is 1. The van der Waals surface area contributed by atoms with Crippen LogP contribution in [0.5, 0.6) is 0 Å². The molecule has 2 aromatic rings. The zero-order chi connectivity index (χ0) is 16.6. The van der Waals surface area contributed by atoms with E-state index in [0.29, 0.717) is 24.3 Å². The molecule has 23 heavy (non-hydrogen) atoms. The van der Waals surface area contributed by atoms with E-state index >= 15 is 0 Å². The number of aromatic nitrogens is 4. The molecule has 1 atom stereocenters. The topological polar surface area (TPSA) is 91.1 Å². The summed E-state index contributed by atoms with van der Waals surface area (Å²) >= 11 is 0. The molecule has 0 amide bonds. The Labute approximate surface area is 133 Å². The number of ether oxygens (including phenoxy) is 2. The van der Waals surface area contributed by atoms with Gasteiger partial charge in [0.25, 0.3) is 5.56 Å². The highest BCUT2D eigenvalue weighted by Gasteiger charge is 2.31. The van der Waals surface area contributed by atoms with E-state index in [-0.39, 0.29) is 6.10 Å². The Morgan fingerprint density at radius 1 is 1.39 bits per heavy atom. The van der Waals surface area contributed by atoms with Crippen molar-refractivity contribution in [2.45, 2.75) is 51.5 Å². The molecule has 8 heteroatoms. The molecular weight excluding hydrogens is 300 g/mol. The highest BCUT2D eigenvalue weighted by molar-refractivity contribution is 5.69. The first kappa shape index (κ1) is 15.9. The summed E-state index contributed by atoms with van der Waals surface area (Å²) in [4.78, 5) is 30.0. The van der Waals surface area contributed by atoms with Crippen LogP contribution in [0, 0.1) is 0 Å². The maximum Gasteiger partial charge on any atom is 0.329 e. The van der Waals surface area contributed by atoms with Crippen molar-refractivity contribution in [1.29, 1.82) is 0 Å². The Kier molecular flexibility index (Phi) is 4.11. The zero-order valence-electron chi connectivity index (χ0n) is 13.7. The Hall–Kier alpha value is -1.93. The molecular formula is C15H22N4O4. The van der Waals surface area contributed by atoms with E-state index in [1.807, 2.05) is 13.8 Å². The summed E-state index contributed by atoms with van der Waals surface area (Å²) in [6, 6.07) is 0. The summed E-state index contributed by atoms with van der Waals surface area (Å²) in [7, 11) is 1.59. The minimum Gasteiger partial charge on any atom is -0.348 e. The van der Waals surface area contributed by atoms with Gasteiger partial charge < -0.3 is 14.0 Å². The summed E-state index contributed by atoms with van der Waals surface area (Å²) in [5.74, 6) is -0.483. The maximum absolute atomic E-state index is 12.0. The molecule has 0 radical (unpaired) electrons. The van der Waals surface area contributed by atoms with Gasteiger partial charge >= 0.3 is 5.69 Å². The number of aromatic amines is 1. The molecule has 1 N–H and O–H groups in total. The minimum atomic E-state index is -0.483. The molecule has 126 valence electrons. The third-order valence-corrected chi connectivity index (χ3v) is 4.12. The fourth-order valence-corrected chi connectivity index (χ4v) is 2.91. The van der Waals surface area contributed by atoms with Crippen LogP contribution in [-0.4, -0.2) is 37.6 Å². The Morgan fingerprint density at radius 2 is 2.17 bits per heavy atom. The third-order valence-electron chi connectivity index (χ3n) is 4.12. The summed E-state index contributed by atoms with van der Waals surface area (Å²) in [6.45, 7) is 5.14. The van der Waals surface area contributed by atoms with Crippen LogP contribution in [0.4, 0.5) is 0 Å². The van der Waals surface area contributed by atoms with Gasteiger partial charge in [-0.2, -0.15) is 0 Å². The predicted octanol–water partition coefficient (Wildman–Crippen LogP) is 0.745. The largest absolute Gasteiger partial charge is 0.348 e. The molecule has 2 aromatic heterocycles. The van der Waals surface area contributed by atoms with E-state index in [4.69, 9.17) is 9.47 Å². The Morgan fingerprint density at radius 3 is 2.87 bits per heavy atom. The molecule has 0 aliphatic carbocycles. The summed E-state index contributed by atoms with van der Waals surface area (Å²) in [5, 5.41) is 0. The van der Waals surface area contributed by atoms with Gasteiger partial charge in [-0.15, -0.1) is 0 Å². The number of rotatable bonds is 5. The average molecular weight is 322 g/mol. The fourth-order valence-electron chi connectivity index (χ4n) is 2.91. The smallest absolute Gasteiger partial charge is 0.329 e. The monoisotopic (exact) mass is 322 g/mol. The van der Waals surface area contributed by atoms with Crippen LogP contribution < -0.4 is 11.2 Å². The fraction of sp³-hybridized carbons (Fsp3) is 0.667. The number of fused-ring (bicyclic) bond motifs is 1. The van der Waals surface area contributed by atoms with E-state index < -0.39 is 17.0 Å². The molecule has 3 rings (SSSR count). The van der Waals surface area contributed by atoms with Crippen molar-refractivity contribution < 1.29 is 9.47 Å². The van der Waals surface area contributed by atoms with Crippen molar-refractivity contribution in [2.24, 2.45) is 7.05 Å². The highest BCUT2D eigenvalue weighted by atomic mass is 16.7. The normalized spacial score (nSPS) is 20.4. The van der Waals surface area contributed by atoms with Crippen molar-refractivity contribution in [3.05, 3.63) is 27.2 Å². The van der Waals surface area contributed by atoms with Gasteiger partial charge in [0.1, 0.15) is 0 Å². The first-order valence-corrected chi connectivity index (χ1v) is 7.83. The lowest BCUT2D eigenvalue weighted by atomic mass is 10.1. The highest BCUT2D eigenvalue weighted by Crippen LogP contribution is 2.25. The molecule has 0 aromatic carbocycles. The first-order valence-electron chi connectivity index (χ1n) is 7.83. The average Bonchev–Trinajstić information content (AvgIpc) is 3.05. The number of hydrogen-bond acceptors (Lipinski definition) is 5. The SMILES string of the molecule is Cn1c(=O)[nH]c(=O)c2c1ncn2CCCCC1COC(C)(C)O1. The van der Waals surface area contributed by atoms with Crippen molar-refractivity contribution in [2.75, 3.05) is 6.61 Å². The van der Waals surface area contributed by atoms with Gasteiger partial charge in [0.2, 0.25) is 0 Å². The van der Waals surface area contributed by atoms with Crippen LogP contribution in [0.2, 0.25) is 0 Å². The lowest BCUT2D eigenvalue weighted by Gasteiger charge is -2.17. The van der Waals surface area contributed by atoms with Gasteiger partial charge in [-0.3, -0.25) is 14.3 Å². The van der Waals surface area contributed by atoms with E-state index in [1.54, 1.807) is 17.9 Å². The Bertz CT molecular complexity index is 817. The van der Waals surface area contributed by atoms with Gasteiger partial charge in [0.15, 0.2) is 17.0 Å². The van der Waals surface area contributed by atoms with Crippen molar-refractivity contribution in [3.63, 3.8) is 0 Å². The summed E-state index contributed by atoms with van der Waals surface area (Å²) in [6.07, 6.45) is 4.53. The molecule has 1 aliphatic rings. The van der Waals surface area contributed by atoms with Gasteiger partial charge in [0, 0.05) is 13.6 Å². The van der Waals surface area contributed by atoms with Gasteiger partial charge in [0.05, 0.1) is 19.0 Å². The molecule has 1 fully saturated rings. The van der Waals surface area contributed by atoms with Crippen LogP contribution >= 0.6 is 0 Å². The second-order valence-corrected chi connectivity index (χ2v) is 6.37. The van der Waals surface area contributed by atoms with Crippen molar-refractivity contribution in [3.8, 4) is 0 Å². The molecule has 1 saturated heterocycles. The lowest BCUT2D eigenvalue weighted by molar-refractivity contribution is -0.139. The number of imidazole rings is 1. The Balaban J connectivity index is 1.61. The predicted molar refractivity (Wildman–Crippen MR) is 84.3 cm³/mol. The molecule has 0 saturated carbocycles. The van der Waals surface area contributed by atoms with Crippen LogP contribution in [0.25, 0.3) is 11.2 Å². The summed E-state index contributed by atoms with van der Waals surface area (Å²) in [5.41, 5.74) is 0.00494. The number of unbranched alkanes of at least 4 members (excludes halogenated alkanes) is 1. The molecule has 3 heterocycles. The van der Waals surface area contributed by atoms with E-state index in [1.165, 1.54) is 4.57 Å². The van der Waals surface area contributed by atoms with E-state index in [0.717, 1.165) is 19.3 Å². The quantitative estimate of drug-likeness (QED) is 0.820. The number of aryl methyl sites for hydroxylation is 2. The van der Waals surface area contributed by atoms with Gasteiger partial charge in [-0.05, 0) is 33.1 Å². The molecule has 1 aliphatic heterocycles. The van der Waals surface area contributed by atoms with Gasteiger partial charge in [-0.1, -0.05) is 0 Å². The molecule has 0 spiro atoms. The van der Waals surface area contributed by atoms with Crippen molar-refractivity contribution >= 4 is 11.2 Å². The minimum absolute atomic E-state index is 0.133. The molecule has 8 nitrogen and oxygen atoms in total. The summed E-state index contributed by atoms with van der Waals surface area (Å²) < 4.78 is 14.4. The molecule has 1 unspecified atom stereocenters. The maximum atomic E-state index is 12.0.